The van der Waals surface area contributed by atoms with Crippen LogP contribution in [0, 0.1) is 0 Å². The van der Waals surface area contributed by atoms with Gasteiger partial charge in [-0.3, -0.25) is 18.2 Å². The van der Waals surface area contributed by atoms with E-state index >= 15 is 0 Å². The number of benzene rings is 4. The summed E-state index contributed by atoms with van der Waals surface area (Å²) in [5.41, 5.74) is 0.709. The van der Waals surface area contributed by atoms with E-state index in [4.69, 9.17) is 33.5 Å². The highest BCUT2D eigenvalue weighted by molar-refractivity contribution is 7.86. The van der Waals surface area contributed by atoms with E-state index < -0.39 is 50.3 Å². The fourth-order valence-corrected chi connectivity index (χ4v) is 6.98. The third-order valence-corrected chi connectivity index (χ3v) is 10.3. The minimum Gasteiger partial charge on any atom is -0.332 e. The van der Waals surface area contributed by atoms with E-state index in [1.165, 1.54) is 60.7 Å². The molecule has 4 aromatic rings. The van der Waals surface area contributed by atoms with Crippen molar-refractivity contribution in [1.29, 1.82) is 0 Å². The average Bonchev–Trinajstić information content (AvgIpc) is 2.99. The van der Waals surface area contributed by atoms with Crippen LogP contribution in [0.15, 0.2) is 105 Å². The zero-order chi connectivity index (χ0) is 37.1. The van der Waals surface area contributed by atoms with Crippen molar-refractivity contribution in [3.05, 3.63) is 96.1 Å². The van der Waals surface area contributed by atoms with E-state index in [0.29, 0.717) is 11.4 Å². The molecule has 22 heteroatoms. The molecule has 0 atom stereocenters. The van der Waals surface area contributed by atoms with Crippen molar-refractivity contribution in [2.75, 3.05) is 21.3 Å². The van der Waals surface area contributed by atoms with Gasteiger partial charge < -0.3 is 21.3 Å². The summed E-state index contributed by atoms with van der Waals surface area (Å²) < 4.78 is 132. The van der Waals surface area contributed by atoms with E-state index in [1.807, 2.05) is 0 Å². The number of anilines is 4. The lowest BCUT2D eigenvalue weighted by molar-refractivity contribution is 0.480. The Morgan fingerprint density at radius 3 is 1.00 bits per heavy atom. The van der Waals surface area contributed by atoms with Gasteiger partial charge in [-0.1, -0.05) is 24.3 Å². The third-order valence-electron chi connectivity index (χ3n) is 6.36. The maximum atomic E-state index is 12.2. The van der Waals surface area contributed by atoms with Gasteiger partial charge in [0.25, 0.3) is 40.5 Å². The molecule has 0 unspecified atom stereocenters. The number of hydrogen-bond acceptors (Lipinski definition) is 10. The molecule has 16 nitrogen and oxygen atoms in total. The zero-order valence-electron chi connectivity index (χ0n) is 24.7. The lowest BCUT2D eigenvalue weighted by atomic mass is 10.1. The molecule has 4 rings (SSSR count). The molecule has 264 valence electrons. The van der Waals surface area contributed by atoms with Crippen LogP contribution in [0.25, 0.3) is 12.2 Å². The van der Waals surface area contributed by atoms with E-state index in [0.717, 1.165) is 36.4 Å². The van der Waals surface area contributed by atoms with Crippen molar-refractivity contribution < 1.29 is 51.9 Å². The van der Waals surface area contributed by atoms with Crippen molar-refractivity contribution in [2.24, 2.45) is 0 Å². The second-order valence-electron chi connectivity index (χ2n) is 9.95. The fourth-order valence-electron chi connectivity index (χ4n) is 4.13. The van der Waals surface area contributed by atoms with Crippen LogP contribution < -0.4 is 21.3 Å². The van der Waals surface area contributed by atoms with E-state index in [2.05, 4.69) is 21.3 Å². The van der Waals surface area contributed by atoms with E-state index in [1.54, 1.807) is 0 Å². The Hall–Kier alpha value is -4.36. The van der Waals surface area contributed by atoms with Gasteiger partial charge in [0.05, 0.1) is 9.79 Å². The zero-order valence-corrected chi connectivity index (χ0v) is 29.6. The standard InChI is InChI=1S/C28H24N4O12S6/c33-47(34,35)23-11-7-19(8-12-23)29-27(45)31-21-5-3-17(25(15-21)49(39,40)41)1-2-18-4-6-22(16-26(18)50(42,43)44)32-28(46)30-20-9-13-24(14-10-20)48(36,37)38/h1-16H,(H2,29,31,45)(H2,30,32,46)(H,33,34,35)(H,36,37,38)(H,39,40,41)(H,42,43,44). The normalized spacial score (nSPS) is 12.3. The second kappa shape index (κ2) is 14.9. The lowest BCUT2D eigenvalue weighted by Gasteiger charge is -2.13. The topological polar surface area (TPSA) is 266 Å². The van der Waals surface area contributed by atoms with Gasteiger partial charge in [-0.15, -0.1) is 0 Å². The molecule has 0 aromatic heterocycles. The Morgan fingerprint density at radius 2 is 0.720 bits per heavy atom. The molecule has 0 amide bonds. The summed E-state index contributed by atoms with van der Waals surface area (Å²) in [5.74, 6) is 0. The summed E-state index contributed by atoms with van der Waals surface area (Å²) in [7, 11) is -18.5. The molecule has 0 aliphatic rings. The maximum Gasteiger partial charge on any atom is 0.295 e. The summed E-state index contributed by atoms with van der Waals surface area (Å²) in [6, 6.07) is 17.2. The highest BCUT2D eigenvalue weighted by Gasteiger charge is 2.18. The molecular formula is C28H24N4O12S6. The molecule has 0 bridgehead atoms. The molecule has 0 heterocycles. The van der Waals surface area contributed by atoms with Gasteiger partial charge in [-0.05, 0) is 108 Å². The molecule has 0 saturated heterocycles. The molecule has 0 fully saturated rings. The number of thiocarbonyl (C=S) groups is 2. The molecule has 0 saturated carbocycles. The van der Waals surface area contributed by atoms with Gasteiger partial charge in [0.1, 0.15) is 9.79 Å². The Kier molecular flexibility index (Phi) is 11.4. The highest BCUT2D eigenvalue weighted by atomic mass is 32.2. The van der Waals surface area contributed by atoms with Crippen LogP contribution in [0.1, 0.15) is 11.1 Å². The van der Waals surface area contributed by atoms with Crippen LogP contribution in [-0.4, -0.2) is 62.1 Å². The highest BCUT2D eigenvalue weighted by Crippen LogP contribution is 2.27. The number of nitrogens with one attached hydrogen (secondary N) is 4. The van der Waals surface area contributed by atoms with E-state index in [-0.39, 0.29) is 42.5 Å². The molecule has 50 heavy (non-hydrogen) atoms. The average molecular weight is 801 g/mol. The SMILES string of the molecule is O=S(=O)(O)c1ccc(NC(=S)Nc2ccc(C=Cc3ccc(NC(=S)Nc4ccc(S(=O)(=O)O)cc4)cc3S(=O)(=O)O)c(S(=O)(=O)O)c2)cc1. The van der Waals surface area contributed by atoms with Crippen LogP contribution in [0.5, 0.6) is 0 Å². The summed E-state index contributed by atoms with van der Waals surface area (Å²) in [5, 5.41) is 10.8. The van der Waals surface area contributed by atoms with Gasteiger partial charge in [-0.2, -0.15) is 33.7 Å². The quantitative estimate of drug-likeness (QED) is 0.0625. The Morgan fingerprint density at radius 1 is 0.440 bits per heavy atom. The first-order valence-electron chi connectivity index (χ1n) is 13.3. The van der Waals surface area contributed by atoms with Crippen LogP contribution in [0.3, 0.4) is 0 Å². The third kappa shape index (κ3) is 10.6. The number of rotatable bonds is 10. The minimum atomic E-state index is -4.84. The van der Waals surface area contributed by atoms with Gasteiger partial charge in [0.2, 0.25) is 0 Å². The molecular weight excluding hydrogens is 777 g/mol. The Bertz CT molecular complexity index is 2280. The first-order chi connectivity index (χ1) is 23.1. The van der Waals surface area contributed by atoms with E-state index in [9.17, 15) is 42.8 Å². The Labute approximate surface area is 297 Å². The summed E-state index contributed by atoms with van der Waals surface area (Å²) in [4.78, 5) is -1.87. The first kappa shape index (κ1) is 38.4. The largest absolute Gasteiger partial charge is 0.332 e. The fraction of sp³-hybridized carbons (Fsp3) is 0. The van der Waals surface area contributed by atoms with Crippen LogP contribution in [0.2, 0.25) is 0 Å². The monoisotopic (exact) mass is 800 g/mol. The second-order valence-corrected chi connectivity index (χ2v) is 16.4. The smallest absolute Gasteiger partial charge is 0.295 e. The van der Waals surface area contributed by atoms with Crippen molar-refractivity contribution in [1.82, 2.24) is 0 Å². The van der Waals surface area contributed by atoms with Crippen LogP contribution in [-0.2, 0) is 40.5 Å². The van der Waals surface area contributed by atoms with Crippen molar-refractivity contribution >= 4 is 110 Å². The summed E-state index contributed by atoms with van der Waals surface area (Å²) >= 11 is 10.4. The number of hydrogen-bond donors (Lipinski definition) is 8. The predicted molar refractivity (Wildman–Crippen MR) is 194 cm³/mol. The molecule has 0 spiro atoms. The van der Waals surface area contributed by atoms with Crippen LogP contribution >= 0.6 is 24.4 Å². The first-order valence-corrected chi connectivity index (χ1v) is 19.9. The van der Waals surface area contributed by atoms with Crippen molar-refractivity contribution in [3.63, 3.8) is 0 Å². The summed E-state index contributed by atoms with van der Waals surface area (Å²) in [6.45, 7) is 0. The minimum absolute atomic E-state index is 0.0505. The molecule has 8 N–H and O–H groups in total. The Balaban J connectivity index is 1.53. The van der Waals surface area contributed by atoms with Crippen molar-refractivity contribution in [2.45, 2.75) is 19.6 Å². The van der Waals surface area contributed by atoms with Crippen LogP contribution in [0.4, 0.5) is 22.7 Å². The van der Waals surface area contributed by atoms with Gasteiger partial charge in [-0.25, -0.2) is 0 Å². The molecule has 4 aromatic carbocycles. The van der Waals surface area contributed by atoms with Gasteiger partial charge >= 0.3 is 0 Å². The lowest BCUT2D eigenvalue weighted by Crippen LogP contribution is -2.19. The predicted octanol–water partition coefficient (Wildman–Crippen LogP) is 4.46. The van der Waals surface area contributed by atoms with Gasteiger partial charge in [0, 0.05) is 22.7 Å². The summed E-state index contributed by atoms with van der Waals surface area (Å²) in [6.07, 6.45) is 2.36. The van der Waals surface area contributed by atoms with Gasteiger partial charge in [0.15, 0.2) is 10.2 Å². The van der Waals surface area contributed by atoms with Crippen molar-refractivity contribution in [3.8, 4) is 0 Å². The molecule has 0 radical (unpaired) electrons. The maximum absolute atomic E-state index is 12.2. The molecule has 0 aliphatic carbocycles. The molecule has 0 aliphatic heterocycles.